The Morgan fingerprint density at radius 2 is 2.06 bits per heavy atom. The van der Waals surface area contributed by atoms with E-state index < -0.39 is 30.9 Å². The molecule has 0 saturated carbocycles. The highest BCUT2D eigenvalue weighted by Crippen LogP contribution is 2.24. The normalized spacial score (nSPS) is 12.6. The van der Waals surface area contributed by atoms with Crippen molar-refractivity contribution in [2.24, 2.45) is 10.9 Å². The molecule has 4 nitrogen and oxygen atoms in total. The minimum absolute atomic E-state index is 0.213. The summed E-state index contributed by atoms with van der Waals surface area (Å²) in [6.45, 7) is -0.682. The Balaban J connectivity index is 2.86. The summed E-state index contributed by atoms with van der Waals surface area (Å²) in [5.41, 5.74) is 4.84. The van der Waals surface area contributed by atoms with Gasteiger partial charge in [0, 0.05) is 0 Å². The molecular formula is C10H10F4N2O2. The first-order valence-corrected chi connectivity index (χ1v) is 4.81. The molecular weight excluding hydrogens is 256 g/mol. The summed E-state index contributed by atoms with van der Waals surface area (Å²) in [5, 5.41) is 11.0. The molecule has 1 rings (SSSR count). The van der Waals surface area contributed by atoms with Crippen molar-refractivity contribution in [2.75, 3.05) is 6.61 Å². The largest absolute Gasteiger partial charge is 0.492 e. The van der Waals surface area contributed by atoms with E-state index in [4.69, 9.17) is 15.7 Å². The first kappa shape index (κ1) is 14.1. The molecule has 8 heteroatoms. The molecule has 1 aromatic carbocycles. The van der Waals surface area contributed by atoms with Crippen LogP contribution < -0.4 is 10.5 Å². The van der Waals surface area contributed by atoms with Gasteiger partial charge in [-0.05, 0) is 12.1 Å². The lowest BCUT2D eigenvalue weighted by Crippen LogP contribution is -2.18. The Bertz CT molecular complexity index is 446. The molecule has 0 aliphatic heterocycles. The van der Waals surface area contributed by atoms with Gasteiger partial charge in [-0.25, -0.2) is 4.39 Å². The molecule has 0 aliphatic carbocycles. The number of hydrogen-bond donors (Lipinski definition) is 2. The third-order valence-electron chi connectivity index (χ3n) is 1.98. The maximum Gasteiger partial charge on any atom is 0.392 e. The van der Waals surface area contributed by atoms with Gasteiger partial charge in [0.2, 0.25) is 0 Å². The van der Waals surface area contributed by atoms with Crippen molar-refractivity contribution in [3.8, 4) is 5.75 Å². The fraction of sp³-hybridized carbons (Fsp3) is 0.300. The third kappa shape index (κ3) is 3.79. The lowest BCUT2D eigenvalue weighted by atomic mass is 10.1. The van der Waals surface area contributed by atoms with Crippen LogP contribution in [0, 0.1) is 5.82 Å². The van der Waals surface area contributed by atoms with Crippen LogP contribution in [0.3, 0.4) is 0 Å². The van der Waals surface area contributed by atoms with Crippen LogP contribution in [0.15, 0.2) is 23.4 Å². The summed E-state index contributed by atoms with van der Waals surface area (Å²) in [7, 11) is 0. The van der Waals surface area contributed by atoms with Crippen molar-refractivity contribution < 1.29 is 27.5 Å². The maximum atomic E-state index is 13.4. The SMILES string of the molecule is N/C(=N/O)c1c(F)cccc1OCCC(F)(F)F. The van der Waals surface area contributed by atoms with Crippen LogP contribution in [0.5, 0.6) is 5.75 Å². The van der Waals surface area contributed by atoms with E-state index in [1.54, 1.807) is 0 Å². The molecule has 0 amide bonds. The number of benzene rings is 1. The molecule has 0 unspecified atom stereocenters. The fourth-order valence-electron chi connectivity index (χ4n) is 1.20. The highest BCUT2D eigenvalue weighted by Gasteiger charge is 2.27. The highest BCUT2D eigenvalue weighted by atomic mass is 19.4. The second-order valence-electron chi connectivity index (χ2n) is 3.31. The van der Waals surface area contributed by atoms with Crippen LogP contribution in [0.25, 0.3) is 0 Å². The van der Waals surface area contributed by atoms with Crippen LogP contribution >= 0.6 is 0 Å². The molecule has 0 spiro atoms. The Kier molecular flexibility index (Phi) is 4.35. The van der Waals surface area contributed by atoms with E-state index in [9.17, 15) is 17.6 Å². The number of alkyl halides is 3. The van der Waals surface area contributed by atoms with Gasteiger partial charge >= 0.3 is 6.18 Å². The minimum atomic E-state index is -4.37. The number of rotatable bonds is 4. The number of nitrogens with two attached hydrogens (primary N) is 1. The molecule has 3 N–H and O–H groups in total. The fourth-order valence-corrected chi connectivity index (χ4v) is 1.20. The van der Waals surface area contributed by atoms with Gasteiger partial charge < -0.3 is 15.7 Å². The quantitative estimate of drug-likeness (QED) is 0.289. The Morgan fingerprint density at radius 1 is 1.39 bits per heavy atom. The first-order valence-electron chi connectivity index (χ1n) is 4.81. The predicted molar refractivity (Wildman–Crippen MR) is 55.1 cm³/mol. The van der Waals surface area contributed by atoms with E-state index in [1.165, 1.54) is 12.1 Å². The molecule has 0 atom stereocenters. The Morgan fingerprint density at radius 3 is 2.61 bits per heavy atom. The smallest absolute Gasteiger partial charge is 0.392 e. The molecule has 18 heavy (non-hydrogen) atoms. The average Bonchev–Trinajstić information content (AvgIpc) is 2.26. The summed E-state index contributed by atoms with van der Waals surface area (Å²) in [6.07, 6.45) is -5.55. The summed E-state index contributed by atoms with van der Waals surface area (Å²) in [5.74, 6) is -1.64. The molecule has 0 fully saturated rings. The summed E-state index contributed by atoms with van der Waals surface area (Å²) in [6, 6.07) is 3.49. The van der Waals surface area contributed by atoms with Gasteiger partial charge in [0.25, 0.3) is 0 Å². The minimum Gasteiger partial charge on any atom is -0.492 e. The van der Waals surface area contributed by atoms with Crippen LogP contribution in [-0.2, 0) is 0 Å². The predicted octanol–water partition coefficient (Wildman–Crippen LogP) is 2.25. The summed E-state index contributed by atoms with van der Waals surface area (Å²) in [4.78, 5) is 0. The van der Waals surface area contributed by atoms with E-state index in [1.807, 2.05) is 0 Å². The number of halogens is 4. The zero-order valence-corrected chi connectivity index (χ0v) is 9.04. The molecule has 100 valence electrons. The summed E-state index contributed by atoms with van der Waals surface area (Å²) >= 11 is 0. The Hall–Kier alpha value is -1.99. The van der Waals surface area contributed by atoms with Crippen LogP contribution in [0.1, 0.15) is 12.0 Å². The molecule has 0 saturated heterocycles. The van der Waals surface area contributed by atoms with Gasteiger partial charge in [0.1, 0.15) is 11.6 Å². The molecule has 0 radical (unpaired) electrons. The first-order chi connectivity index (χ1) is 8.35. The number of nitrogens with zero attached hydrogens (tertiary/aromatic N) is 1. The van der Waals surface area contributed by atoms with Gasteiger partial charge in [-0.1, -0.05) is 11.2 Å². The van der Waals surface area contributed by atoms with E-state index in [0.29, 0.717) is 0 Å². The molecule has 0 heterocycles. The van der Waals surface area contributed by atoms with Crippen LogP contribution in [0.2, 0.25) is 0 Å². The maximum absolute atomic E-state index is 13.4. The Labute approximate surface area is 99.7 Å². The zero-order valence-electron chi connectivity index (χ0n) is 9.04. The van der Waals surface area contributed by atoms with Crippen molar-refractivity contribution in [3.63, 3.8) is 0 Å². The number of hydrogen-bond acceptors (Lipinski definition) is 3. The number of oxime groups is 1. The van der Waals surface area contributed by atoms with Gasteiger partial charge in [0.15, 0.2) is 5.84 Å². The van der Waals surface area contributed by atoms with Crippen molar-refractivity contribution in [1.82, 2.24) is 0 Å². The lowest BCUT2D eigenvalue weighted by molar-refractivity contribution is -0.139. The summed E-state index contributed by atoms with van der Waals surface area (Å²) < 4.78 is 53.9. The van der Waals surface area contributed by atoms with Gasteiger partial charge in [-0.3, -0.25) is 0 Å². The van der Waals surface area contributed by atoms with Gasteiger partial charge in [-0.2, -0.15) is 13.2 Å². The van der Waals surface area contributed by atoms with E-state index in [2.05, 4.69) is 5.16 Å². The van der Waals surface area contributed by atoms with Crippen LogP contribution in [0.4, 0.5) is 17.6 Å². The van der Waals surface area contributed by atoms with E-state index >= 15 is 0 Å². The number of ether oxygens (including phenoxy) is 1. The number of amidine groups is 1. The molecule has 0 aliphatic rings. The zero-order chi connectivity index (χ0) is 13.8. The topological polar surface area (TPSA) is 67.8 Å². The van der Waals surface area contributed by atoms with Gasteiger partial charge in [-0.15, -0.1) is 0 Å². The van der Waals surface area contributed by atoms with E-state index in [-0.39, 0.29) is 11.3 Å². The lowest BCUT2D eigenvalue weighted by Gasteiger charge is -2.12. The van der Waals surface area contributed by atoms with E-state index in [0.717, 1.165) is 6.07 Å². The molecule has 0 aromatic heterocycles. The molecule has 1 aromatic rings. The second kappa shape index (κ2) is 5.56. The highest BCUT2D eigenvalue weighted by molar-refractivity contribution is 5.99. The van der Waals surface area contributed by atoms with Crippen molar-refractivity contribution >= 4 is 5.84 Å². The monoisotopic (exact) mass is 266 g/mol. The van der Waals surface area contributed by atoms with Crippen molar-refractivity contribution in [2.45, 2.75) is 12.6 Å². The van der Waals surface area contributed by atoms with Crippen molar-refractivity contribution in [1.29, 1.82) is 0 Å². The standard InChI is InChI=1S/C10H10F4N2O2/c11-6-2-1-3-7(8(6)9(15)16-17)18-5-4-10(12,13)14/h1-3,17H,4-5H2,(H2,15,16). The van der Waals surface area contributed by atoms with Gasteiger partial charge in [0.05, 0.1) is 18.6 Å². The van der Waals surface area contributed by atoms with Crippen molar-refractivity contribution in [3.05, 3.63) is 29.6 Å². The van der Waals surface area contributed by atoms with Crippen LogP contribution in [-0.4, -0.2) is 23.8 Å². The third-order valence-corrected chi connectivity index (χ3v) is 1.98. The second-order valence-corrected chi connectivity index (χ2v) is 3.31. The molecule has 0 bridgehead atoms. The average molecular weight is 266 g/mol.